The van der Waals surface area contributed by atoms with Gasteiger partial charge in [0.15, 0.2) is 0 Å². The fraction of sp³-hybridized carbons (Fsp3) is 0.400. The van der Waals surface area contributed by atoms with Gasteiger partial charge in [-0.1, -0.05) is 11.6 Å². The Morgan fingerprint density at radius 2 is 2.09 bits per heavy atom. The number of hydrogen-bond acceptors (Lipinski definition) is 4. The van der Waals surface area contributed by atoms with E-state index in [1.807, 2.05) is 0 Å². The fourth-order valence-electron chi connectivity index (χ4n) is 2.41. The van der Waals surface area contributed by atoms with Crippen molar-refractivity contribution in [2.24, 2.45) is 5.41 Å². The molecule has 1 saturated heterocycles. The molecule has 1 aliphatic rings. The molecule has 0 aromatic heterocycles. The summed E-state index contributed by atoms with van der Waals surface area (Å²) in [4.78, 5) is 36.7. The van der Waals surface area contributed by atoms with Crippen LogP contribution in [0.5, 0.6) is 0 Å². The normalized spacial score (nSPS) is 20.2. The van der Waals surface area contributed by atoms with Gasteiger partial charge in [0.1, 0.15) is 0 Å². The molecule has 0 radical (unpaired) electrons. The van der Waals surface area contributed by atoms with Crippen LogP contribution in [0.25, 0.3) is 0 Å². The van der Waals surface area contributed by atoms with E-state index in [1.165, 1.54) is 30.2 Å². The standard InChI is InChI=1S/C15H17ClN2O5/c1-15(13(20)21)5-6-18(8-15)14(22)17-11-4-3-9(16)7-10(11)12(19)23-2/h3-4,7H,5-6,8H2,1-2H3,(H,17,22)(H,20,21). The van der Waals surface area contributed by atoms with Crippen molar-refractivity contribution in [3.63, 3.8) is 0 Å². The van der Waals surface area contributed by atoms with Crippen molar-refractivity contribution in [2.75, 3.05) is 25.5 Å². The molecule has 1 aromatic carbocycles. The maximum absolute atomic E-state index is 12.3. The number of ether oxygens (including phenoxy) is 1. The largest absolute Gasteiger partial charge is 0.481 e. The van der Waals surface area contributed by atoms with Crippen molar-refractivity contribution < 1.29 is 24.2 Å². The minimum absolute atomic E-state index is 0.106. The van der Waals surface area contributed by atoms with Crippen LogP contribution in [-0.2, 0) is 9.53 Å². The second-order valence-electron chi connectivity index (χ2n) is 5.65. The topological polar surface area (TPSA) is 95.9 Å². The van der Waals surface area contributed by atoms with Crippen molar-refractivity contribution >= 4 is 35.3 Å². The predicted octanol–water partition coefficient (Wildman–Crippen LogP) is 2.46. The summed E-state index contributed by atoms with van der Waals surface area (Å²) in [6, 6.07) is 3.96. The molecule has 0 bridgehead atoms. The first-order valence-electron chi connectivity index (χ1n) is 6.94. The van der Waals surface area contributed by atoms with Gasteiger partial charge in [-0.05, 0) is 31.5 Å². The van der Waals surface area contributed by atoms with Crippen LogP contribution in [-0.4, -0.2) is 48.2 Å². The van der Waals surface area contributed by atoms with Crippen molar-refractivity contribution in [1.82, 2.24) is 4.90 Å². The Balaban J connectivity index is 2.16. The van der Waals surface area contributed by atoms with Gasteiger partial charge in [0.2, 0.25) is 0 Å². The van der Waals surface area contributed by atoms with E-state index >= 15 is 0 Å². The van der Waals surface area contributed by atoms with Gasteiger partial charge in [-0.3, -0.25) is 4.79 Å². The third-order valence-corrected chi connectivity index (χ3v) is 4.14. The number of likely N-dealkylation sites (tertiary alicyclic amines) is 1. The van der Waals surface area contributed by atoms with Crippen LogP contribution in [0.2, 0.25) is 5.02 Å². The number of halogens is 1. The number of esters is 1. The van der Waals surface area contributed by atoms with Crippen LogP contribution in [0.1, 0.15) is 23.7 Å². The molecule has 1 aromatic rings. The lowest BCUT2D eigenvalue weighted by Gasteiger charge is -2.21. The first kappa shape index (κ1) is 17.1. The Morgan fingerprint density at radius 1 is 1.39 bits per heavy atom. The summed E-state index contributed by atoms with van der Waals surface area (Å²) in [7, 11) is 1.23. The summed E-state index contributed by atoms with van der Waals surface area (Å²) < 4.78 is 4.66. The highest BCUT2D eigenvalue weighted by atomic mass is 35.5. The Hall–Kier alpha value is -2.28. The number of hydrogen-bond donors (Lipinski definition) is 2. The molecule has 0 saturated carbocycles. The number of methoxy groups -OCH3 is 1. The van der Waals surface area contributed by atoms with E-state index in [-0.39, 0.29) is 17.8 Å². The van der Waals surface area contributed by atoms with Gasteiger partial charge < -0.3 is 20.1 Å². The summed E-state index contributed by atoms with van der Waals surface area (Å²) in [5.74, 6) is -1.56. The Kier molecular flexibility index (Phi) is 4.79. The lowest BCUT2D eigenvalue weighted by atomic mass is 9.90. The summed E-state index contributed by atoms with van der Waals surface area (Å²) >= 11 is 5.86. The lowest BCUT2D eigenvalue weighted by molar-refractivity contribution is -0.146. The molecule has 1 fully saturated rings. The molecule has 2 rings (SSSR count). The van der Waals surface area contributed by atoms with Gasteiger partial charge in [0.05, 0.1) is 23.8 Å². The number of aliphatic carboxylic acids is 1. The zero-order chi connectivity index (χ0) is 17.2. The quantitative estimate of drug-likeness (QED) is 0.824. The highest BCUT2D eigenvalue weighted by molar-refractivity contribution is 6.31. The number of urea groups is 1. The van der Waals surface area contributed by atoms with E-state index < -0.39 is 23.4 Å². The predicted molar refractivity (Wildman–Crippen MR) is 83.7 cm³/mol. The summed E-state index contributed by atoms with van der Waals surface area (Å²) in [6.45, 7) is 2.04. The molecule has 0 aliphatic carbocycles. The molecule has 2 amide bonds. The lowest BCUT2D eigenvalue weighted by Crippen LogP contribution is -2.37. The average Bonchev–Trinajstić information content (AvgIpc) is 2.92. The van der Waals surface area contributed by atoms with E-state index in [0.29, 0.717) is 18.0 Å². The number of nitrogens with zero attached hydrogens (tertiary/aromatic N) is 1. The second kappa shape index (κ2) is 6.45. The molecule has 23 heavy (non-hydrogen) atoms. The average molecular weight is 341 g/mol. The molecule has 1 aliphatic heterocycles. The second-order valence-corrected chi connectivity index (χ2v) is 6.09. The summed E-state index contributed by atoms with van der Waals surface area (Å²) in [5.41, 5.74) is -0.564. The maximum Gasteiger partial charge on any atom is 0.340 e. The van der Waals surface area contributed by atoms with Gasteiger partial charge in [-0.2, -0.15) is 0 Å². The van der Waals surface area contributed by atoms with Crippen LogP contribution in [0.4, 0.5) is 10.5 Å². The molecular formula is C15H17ClN2O5. The van der Waals surface area contributed by atoms with Crippen LogP contribution < -0.4 is 5.32 Å². The van der Waals surface area contributed by atoms with Gasteiger partial charge >= 0.3 is 18.0 Å². The van der Waals surface area contributed by atoms with Crippen LogP contribution in [0, 0.1) is 5.41 Å². The van der Waals surface area contributed by atoms with Gasteiger partial charge in [-0.15, -0.1) is 0 Å². The van der Waals surface area contributed by atoms with E-state index in [1.54, 1.807) is 6.92 Å². The summed E-state index contributed by atoms with van der Waals surface area (Å²) in [5, 5.41) is 12.1. The molecule has 8 heteroatoms. The SMILES string of the molecule is COC(=O)c1cc(Cl)ccc1NC(=O)N1CCC(C)(C(=O)O)C1. The smallest absolute Gasteiger partial charge is 0.340 e. The van der Waals surface area contributed by atoms with Gasteiger partial charge in [0.25, 0.3) is 0 Å². The van der Waals surface area contributed by atoms with Crippen molar-refractivity contribution in [1.29, 1.82) is 0 Å². The zero-order valence-electron chi connectivity index (χ0n) is 12.8. The zero-order valence-corrected chi connectivity index (χ0v) is 13.5. The molecule has 1 heterocycles. The van der Waals surface area contributed by atoms with Gasteiger partial charge in [0, 0.05) is 18.1 Å². The van der Waals surface area contributed by atoms with E-state index in [9.17, 15) is 19.5 Å². The van der Waals surface area contributed by atoms with Crippen molar-refractivity contribution in [2.45, 2.75) is 13.3 Å². The number of nitrogens with one attached hydrogen (secondary N) is 1. The third-order valence-electron chi connectivity index (χ3n) is 3.91. The third kappa shape index (κ3) is 3.56. The molecule has 0 spiro atoms. The highest BCUT2D eigenvalue weighted by Crippen LogP contribution is 2.31. The number of carbonyl (C=O) groups is 3. The molecule has 124 valence electrons. The Morgan fingerprint density at radius 3 is 2.65 bits per heavy atom. The molecule has 1 atom stereocenters. The number of amides is 2. The van der Waals surface area contributed by atoms with Crippen LogP contribution in [0.15, 0.2) is 18.2 Å². The van der Waals surface area contributed by atoms with Crippen LogP contribution in [0.3, 0.4) is 0 Å². The molecule has 7 nitrogen and oxygen atoms in total. The first-order valence-corrected chi connectivity index (χ1v) is 7.32. The number of rotatable bonds is 3. The number of benzene rings is 1. The number of carboxylic acid groups (broad SMARTS) is 1. The van der Waals surface area contributed by atoms with Crippen LogP contribution >= 0.6 is 11.6 Å². The molecular weight excluding hydrogens is 324 g/mol. The first-order chi connectivity index (χ1) is 10.8. The fourth-order valence-corrected chi connectivity index (χ4v) is 2.58. The van der Waals surface area contributed by atoms with E-state index in [2.05, 4.69) is 10.1 Å². The number of carboxylic acids is 1. The van der Waals surface area contributed by atoms with Crippen molar-refractivity contribution in [3.05, 3.63) is 28.8 Å². The number of carbonyl (C=O) groups excluding carboxylic acids is 2. The minimum Gasteiger partial charge on any atom is -0.481 e. The van der Waals surface area contributed by atoms with Gasteiger partial charge in [-0.25, -0.2) is 9.59 Å². The Labute approximate surface area is 138 Å². The van der Waals surface area contributed by atoms with E-state index in [4.69, 9.17) is 11.6 Å². The highest BCUT2D eigenvalue weighted by Gasteiger charge is 2.42. The van der Waals surface area contributed by atoms with E-state index in [0.717, 1.165) is 0 Å². The number of anilines is 1. The maximum atomic E-state index is 12.3. The molecule has 1 unspecified atom stereocenters. The molecule has 2 N–H and O–H groups in total. The van der Waals surface area contributed by atoms with Crippen molar-refractivity contribution in [3.8, 4) is 0 Å². The monoisotopic (exact) mass is 340 g/mol. The summed E-state index contributed by atoms with van der Waals surface area (Å²) in [6.07, 6.45) is 0.375. The Bertz CT molecular complexity index is 663. The minimum atomic E-state index is -0.956.